The predicted octanol–water partition coefficient (Wildman–Crippen LogP) is 6.37. The summed E-state index contributed by atoms with van der Waals surface area (Å²) in [6, 6.07) is 19.1. The third-order valence-corrected chi connectivity index (χ3v) is 5.62. The van der Waals surface area contributed by atoms with Gasteiger partial charge in [-0.05, 0) is 66.9 Å². The van der Waals surface area contributed by atoms with Gasteiger partial charge in [0.05, 0.1) is 23.4 Å². The fourth-order valence-electron chi connectivity index (χ4n) is 4.08. The molecule has 0 amide bonds. The molecule has 0 aliphatic carbocycles. The third-order valence-electron chi connectivity index (χ3n) is 5.62. The SMILES string of the molecule is COCc1nc2cc(C)cc(C(C)Nc3ccccc3C(=O)O)c2cc1-c1ccc(F)cc1. The van der Waals surface area contributed by atoms with Gasteiger partial charge < -0.3 is 15.2 Å². The van der Waals surface area contributed by atoms with Crippen LogP contribution in [0, 0.1) is 12.7 Å². The van der Waals surface area contributed by atoms with Crippen LogP contribution in [0.1, 0.15) is 40.1 Å². The second-order valence-electron chi connectivity index (χ2n) is 8.06. The molecule has 0 radical (unpaired) electrons. The van der Waals surface area contributed by atoms with Crippen LogP contribution in [-0.4, -0.2) is 23.2 Å². The van der Waals surface area contributed by atoms with Gasteiger partial charge in [0.2, 0.25) is 0 Å². The van der Waals surface area contributed by atoms with Crippen molar-refractivity contribution in [2.45, 2.75) is 26.5 Å². The van der Waals surface area contributed by atoms with Crippen LogP contribution in [0.2, 0.25) is 0 Å². The van der Waals surface area contributed by atoms with Gasteiger partial charge in [0, 0.05) is 29.8 Å². The lowest BCUT2D eigenvalue weighted by atomic mass is 9.95. The Balaban J connectivity index is 1.85. The number of nitrogens with one attached hydrogen (secondary N) is 1. The van der Waals surface area contributed by atoms with E-state index in [4.69, 9.17) is 9.72 Å². The Labute approximate surface area is 191 Å². The number of ether oxygens (including phenoxy) is 1. The molecule has 1 unspecified atom stereocenters. The van der Waals surface area contributed by atoms with Gasteiger partial charge in [0.25, 0.3) is 0 Å². The molecule has 0 bridgehead atoms. The standard InChI is InChI=1S/C27H25FN2O3/c1-16-12-21(17(2)29-24-7-5-4-6-20(24)27(31)32)23-14-22(18-8-10-19(28)11-9-18)26(15-33-3)30-25(23)13-16/h4-14,17,29H,15H2,1-3H3,(H,31,32). The molecule has 1 aromatic heterocycles. The third kappa shape index (κ3) is 4.71. The van der Waals surface area contributed by atoms with Crippen molar-refractivity contribution in [2.75, 3.05) is 12.4 Å². The quantitative estimate of drug-likeness (QED) is 0.347. The van der Waals surface area contributed by atoms with E-state index in [0.717, 1.165) is 38.9 Å². The van der Waals surface area contributed by atoms with Crippen molar-refractivity contribution in [3.05, 3.63) is 94.9 Å². The van der Waals surface area contributed by atoms with Crippen molar-refractivity contribution < 1.29 is 19.0 Å². The second-order valence-corrected chi connectivity index (χ2v) is 8.06. The van der Waals surface area contributed by atoms with Gasteiger partial charge in [-0.25, -0.2) is 14.2 Å². The zero-order valence-electron chi connectivity index (χ0n) is 18.7. The Bertz CT molecular complexity index is 1320. The molecular formula is C27H25FN2O3. The normalized spacial score (nSPS) is 12.0. The zero-order chi connectivity index (χ0) is 23.5. The second kappa shape index (κ2) is 9.38. The van der Waals surface area contributed by atoms with Crippen molar-refractivity contribution >= 4 is 22.6 Å². The number of aromatic carboxylic acids is 1. The minimum absolute atomic E-state index is 0.191. The molecule has 0 aliphatic rings. The molecule has 0 spiro atoms. The summed E-state index contributed by atoms with van der Waals surface area (Å²) >= 11 is 0. The Morgan fingerprint density at radius 2 is 1.85 bits per heavy atom. The zero-order valence-corrected chi connectivity index (χ0v) is 18.7. The van der Waals surface area contributed by atoms with E-state index < -0.39 is 5.97 Å². The van der Waals surface area contributed by atoms with Gasteiger partial charge in [0.15, 0.2) is 0 Å². The first-order valence-electron chi connectivity index (χ1n) is 10.6. The average molecular weight is 445 g/mol. The molecule has 0 saturated carbocycles. The van der Waals surface area contributed by atoms with Crippen LogP contribution in [0.5, 0.6) is 0 Å². The van der Waals surface area contributed by atoms with Gasteiger partial charge in [-0.1, -0.05) is 30.3 Å². The summed E-state index contributed by atoms with van der Waals surface area (Å²) in [4.78, 5) is 16.5. The summed E-state index contributed by atoms with van der Waals surface area (Å²) in [5, 5.41) is 13.8. The van der Waals surface area contributed by atoms with Crippen molar-refractivity contribution in [3.63, 3.8) is 0 Å². The Morgan fingerprint density at radius 1 is 1.12 bits per heavy atom. The molecule has 0 fully saturated rings. The summed E-state index contributed by atoms with van der Waals surface area (Å²) in [6.45, 7) is 4.33. The van der Waals surface area contributed by atoms with Crippen molar-refractivity contribution in [1.82, 2.24) is 4.98 Å². The van der Waals surface area contributed by atoms with Gasteiger partial charge in [-0.2, -0.15) is 0 Å². The van der Waals surface area contributed by atoms with Gasteiger partial charge in [-0.15, -0.1) is 0 Å². The fraction of sp³-hybridized carbons (Fsp3) is 0.185. The van der Waals surface area contributed by atoms with E-state index in [2.05, 4.69) is 17.4 Å². The summed E-state index contributed by atoms with van der Waals surface area (Å²) in [7, 11) is 1.62. The molecule has 168 valence electrons. The maximum Gasteiger partial charge on any atom is 0.337 e. The Kier molecular flexibility index (Phi) is 6.38. The number of carboxylic acid groups (broad SMARTS) is 1. The number of hydrogen-bond donors (Lipinski definition) is 2. The van der Waals surface area contributed by atoms with Crippen LogP contribution in [0.4, 0.5) is 10.1 Å². The number of methoxy groups -OCH3 is 1. The number of para-hydroxylation sites is 1. The van der Waals surface area contributed by atoms with Crippen molar-refractivity contribution in [2.24, 2.45) is 0 Å². The highest BCUT2D eigenvalue weighted by molar-refractivity contribution is 5.94. The number of anilines is 1. The number of aryl methyl sites for hydroxylation is 1. The summed E-state index contributed by atoms with van der Waals surface area (Å²) < 4.78 is 18.9. The summed E-state index contributed by atoms with van der Waals surface area (Å²) in [6.07, 6.45) is 0. The van der Waals surface area contributed by atoms with Gasteiger partial charge >= 0.3 is 5.97 Å². The highest BCUT2D eigenvalue weighted by Crippen LogP contribution is 2.33. The Hall–Kier alpha value is -3.77. The smallest absolute Gasteiger partial charge is 0.337 e. The van der Waals surface area contributed by atoms with Gasteiger partial charge in [-0.3, -0.25) is 0 Å². The number of hydrogen-bond acceptors (Lipinski definition) is 4. The van der Waals surface area contributed by atoms with E-state index in [1.807, 2.05) is 19.9 Å². The molecular weight excluding hydrogens is 419 g/mol. The number of aromatic nitrogens is 1. The molecule has 1 atom stereocenters. The Morgan fingerprint density at radius 3 is 2.55 bits per heavy atom. The maximum atomic E-state index is 13.5. The topological polar surface area (TPSA) is 71.5 Å². The molecule has 4 rings (SSSR count). The molecule has 6 heteroatoms. The summed E-state index contributed by atoms with van der Waals surface area (Å²) in [5.41, 5.74) is 6.11. The minimum atomic E-state index is -0.983. The molecule has 0 aliphatic heterocycles. The molecule has 4 aromatic rings. The fourth-order valence-corrected chi connectivity index (χ4v) is 4.08. The lowest BCUT2D eigenvalue weighted by Crippen LogP contribution is -2.11. The number of nitrogens with zero attached hydrogens (tertiary/aromatic N) is 1. The first kappa shape index (κ1) is 22.4. The van der Waals surface area contributed by atoms with E-state index in [0.29, 0.717) is 12.3 Å². The molecule has 1 heterocycles. The molecule has 0 saturated heterocycles. The number of pyridine rings is 1. The van der Waals surface area contributed by atoms with Crippen molar-refractivity contribution in [1.29, 1.82) is 0 Å². The first-order valence-corrected chi connectivity index (χ1v) is 10.6. The number of halogens is 1. The van der Waals surface area contributed by atoms with Crippen LogP contribution < -0.4 is 5.32 Å². The van der Waals surface area contributed by atoms with E-state index in [1.165, 1.54) is 12.1 Å². The van der Waals surface area contributed by atoms with Crippen molar-refractivity contribution in [3.8, 4) is 11.1 Å². The molecule has 3 aromatic carbocycles. The van der Waals surface area contributed by atoms with E-state index in [1.54, 1.807) is 43.5 Å². The maximum absolute atomic E-state index is 13.5. The van der Waals surface area contributed by atoms with Crippen LogP contribution in [-0.2, 0) is 11.3 Å². The summed E-state index contributed by atoms with van der Waals surface area (Å²) in [5.74, 6) is -1.28. The number of benzene rings is 3. The van der Waals surface area contributed by atoms with E-state index in [9.17, 15) is 14.3 Å². The number of carboxylic acids is 1. The average Bonchev–Trinajstić information content (AvgIpc) is 2.79. The van der Waals surface area contributed by atoms with Crippen LogP contribution >= 0.6 is 0 Å². The van der Waals surface area contributed by atoms with Gasteiger partial charge in [0.1, 0.15) is 5.82 Å². The lowest BCUT2D eigenvalue weighted by molar-refractivity contribution is 0.0698. The van der Waals surface area contributed by atoms with Crippen LogP contribution in [0.15, 0.2) is 66.7 Å². The lowest BCUT2D eigenvalue weighted by Gasteiger charge is -2.21. The highest BCUT2D eigenvalue weighted by Gasteiger charge is 2.17. The molecule has 33 heavy (non-hydrogen) atoms. The van der Waals surface area contributed by atoms with Crippen LogP contribution in [0.3, 0.4) is 0 Å². The molecule has 5 nitrogen and oxygen atoms in total. The number of carbonyl (C=O) groups is 1. The monoisotopic (exact) mass is 444 g/mol. The first-order chi connectivity index (χ1) is 15.9. The number of rotatable bonds is 7. The van der Waals surface area contributed by atoms with E-state index in [-0.39, 0.29) is 17.4 Å². The highest BCUT2D eigenvalue weighted by atomic mass is 19.1. The van der Waals surface area contributed by atoms with Crippen LogP contribution in [0.25, 0.3) is 22.0 Å². The molecule has 2 N–H and O–H groups in total. The largest absolute Gasteiger partial charge is 0.478 e. The predicted molar refractivity (Wildman–Crippen MR) is 128 cm³/mol. The number of fused-ring (bicyclic) bond motifs is 1. The minimum Gasteiger partial charge on any atom is -0.478 e. The van der Waals surface area contributed by atoms with E-state index >= 15 is 0 Å².